The molecular weight excluding hydrogens is 707 g/mol. The van der Waals surface area contributed by atoms with E-state index in [4.69, 9.17) is 29.7 Å². The minimum Gasteiger partial charge on any atom is -0.497 e. The molecule has 3 aromatic rings. The number of aliphatic hydroxyl groups excluding tert-OH is 1. The Kier molecular flexibility index (Phi) is 11.8. The number of nitro groups is 1. The van der Waals surface area contributed by atoms with Crippen molar-refractivity contribution in [1.29, 1.82) is 0 Å². The molecule has 1 saturated heterocycles. The maximum atomic E-state index is 12.1. The van der Waals surface area contributed by atoms with E-state index in [1.807, 2.05) is 13.8 Å². The molecule has 0 aliphatic carbocycles. The summed E-state index contributed by atoms with van der Waals surface area (Å²) < 4.78 is 65.3. The van der Waals surface area contributed by atoms with E-state index >= 15 is 0 Å². The van der Waals surface area contributed by atoms with Crippen molar-refractivity contribution in [2.24, 2.45) is 5.92 Å². The van der Waals surface area contributed by atoms with Crippen molar-refractivity contribution in [3.63, 3.8) is 0 Å². The third kappa shape index (κ3) is 9.64. The number of ether oxygens (including phenoxy) is 3. The van der Waals surface area contributed by atoms with E-state index in [1.54, 1.807) is 18.3 Å². The van der Waals surface area contributed by atoms with Crippen LogP contribution in [0.5, 0.6) is 5.75 Å². The van der Waals surface area contributed by atoms with Crippen molar-refractivity contribution < 1.29 is 70.7 Å². The molecule has 3 heterocycles. The number of hydrogen-bond donors (Lipinski definition) is 6. The summed E-state index contributed by atoms with van der Waals surface area (Å²) in [4.78, 5) is 56.2. The summed E-state index contributed by atoms with van der Waals surface area (Å²) in [5.74, 6) is 0.471. The van der Waals surface area contributed by atoms with Gasteiger partial charge in [-0.05, 0) is 24.5 Å². The van der Waals surface area contributed by atoms with E-state index in [9.17, 15) is 38.7 Å². The molecule has 6 atom stereocenters. The van der Waals surface area contributed by atoms with Crippen molar-refractivity contribution in [2.75, 3.05) is 19.5 Å². The predicted molar refractivity (Wildman–Crippen MR) is 163 cm³/mol. The van der Waals surface area contributed by atoms with Crippen LogP contribution in [0.15, 0.2) is 30.7 Å². The largest absolute Gasteiger partial charge is 0.497 e. The average Bonchev–Trinajstić information content (AvgIpc) is 3.52. The number of nitrogens with two attached hydrogens (primary N) is 1. The van der Waals surface area contributed by atoms with Crippen LogP contribution in [-0.2, 0) is 42.9 Å². The molecule has 1 fully saturated rings. The van der Waals surface area contributed by atoms with Crippen LogP contribution in [0.3, 0.4) is 0 Å². The summed E-state index contributed by atoms with van der Waals surface area (Å²) >= 11 is 0. The van der Waals surface area contributed by atoms with Gasteiger partial charge in [0.15, 0.2) is 0 Å². The predicted octanol–water partition coefficient (Wildman–Crippen LogP) is 3.23. The van der Waals surface area contributed by atoms with E-state index < -0.39 is 59.5 Å². The van der Waals surface area contributed by atoms with Gasteiger partial charge in [0.2, 0.25) is 0 Å². The van der Waals surface area contributed by atoms with Gasteiger partial charge < -0.3 is 49.2 Å². The Hall–Kier alpha value is -2.87. The zero-order valence-corrected chi connectivity index (χ0v) is 28.2. The second-order valence-corrected chi connectivity index (χ2v) is 15.4. The number of aliphatic hydroxyl groups is 1. The van der Waals surface area contributed by atoms with Gasteiger partial charge in [-0.2, -0.15) is 8.62 Å². The molecule has 1 aromatic carbocycles. The normalized spacial score (nSPS) is 21.6. The monoisotopic (exact) mass is 741 g/mol. The Bertz CT molecular complexity index is 1780. The third-order valence-corrected chi connectivity index (χ3v) is 10.8. The fraction of sp³-hybridized carbons (Fsp3) is 0.500. The molecule has 4 rings (SSSR count). The van der Waals surface area contributed by atoms with Gasteiger partial charge in [-0.15, -0.1) is 0 Å². The van der Waals surface area contributed by atoms with Crippen LogP contribution < -0.4 is 10.5 Å². The van der Waals surface area contributed by atoms with Gasteiger partial charge in [0.25, 0.3) is 5.69 Å². The quantitative estimate of drug-likeness (QED) is 0.0697. The molecule has 1 aliphatic rings. The van der Waals surface area contributed by atoms with E-state index in [-0.39, 0.29) is 36.1 Å². The minimum absolute atomic E-state index is 0.0796. The highest BCUT2D eigenvalue weighted by molar-refractivity contribution is 7.66. The van der Waals surface area contributed by atoms with Crippen molar-refractivity contribution in [1.82, 2.24) is 14.5 Å². The molecule has 48 heavy (non-hydrogen) atoms. The number of nitrogen functional groups attached to an aromatic ring is 1. The molecule has 7 N–H and O–H groups in total. The van der Waals surface area contributed by atoms with Gasteiger partial charge in [-0.1, -0.05) is 13.8 Å². The fourth-order valence-corrected chi connectivity index (χ4v) is 8.04. The van der Waals surface area contributed by atoms with Crippen LogP contribution in [0.4, 0.5) is 11.5 Å². The van der Waals surface area contributed by atoms with Gasteiger partial charge in [-0.25, -0.2) is 23.7 Å². The SMILES string of the molecule is COc1ccc(C(CC(C)C)OCc2cn([C@H]3C[C@@H](O)[C@@H](COP(=O)(O)OP(=O)(O)OP(=O)(O)O)O3)c3ncnc(N)c23)c([N+](=O)[O-])c1. The molecule has 0 saturated carbocycles. The Morgan fingerprint density at radius 1 is 1.15 bits per heavy atom. The Balaban J connectivity index is 1.54. The number of phosphoric acid groups is 3. The van der Waals surface area contributed by atoms with Crippen LogP contribution in [0.25, 0.3) is 11.0 Å². The molecule has 266 valence electrons. The first kappa shape index (κ1) is 37.9. The number of hydrogen-bond acceptors (Lipinski definition) is 15. The first-order valence-corrected chi connectivity index (χ1v) is 18.5. The molecule has 2 aromatic heterocycles. The number of nitro benzene ring substituents is 1. The maximum absolute atomic E-state index is 12.1. The highest BCUT2D eigenvalue weighted by atomic mass is 31.3. The molecule has 0 radical (unpaired) electrons. The minimum atomic E-state index is -5.74. The Morgan fingerprint density at radius 2 is 1.85 bits per heavy atom. The van der Waals surface area contributed by atoms with Gasteiger partial charge in [0, 0.05) is 18.2 Å². The van der Waals surface area contributed by atoms with Crippen LogP contribution in [-0.4, -0.2) is 70.1 Å². The van der Waals surface area contributed by atoms with Gasteiger partial charge >= 0.3 is 23.5 Å². The highest BCUT2D eigenvalue weighted by Crippen LogP contribution is 2.66. The molecule has 0 spiro atoms. The van der Waals surface area contributed by atoms with Gasteiger partial charge in [-0.3, -0.25) is 14.6 Å². The first-order valence-electron chi connectivity index (χ1n) is 13.9. The standard InChI is InChI=1S/C24H34N5O16P3/c1-13(2)6-19(16-5-4-15(40-3)7-17(16)29(31)32)41-10-14-9-28(24-22(14)23(25)26-12-27-24)21-8-18(30)20(43-21)11-42-47(36,37)45-48(38,39)44-46(33,34)35/h4-5,7,9,12-13,18-21,30H,6,8,10-11H2,1-3H3,(H,36,37)(H,38,39)(H2,25,26,27)(H2,33,34,35)/t18-,19?,20-,21-/m1/s1. The molecule has 0 amide bonds. The van der Waals surface area contributed by atoms with E-state index in [0.29, 0.717) is 28.7 Å². The average molecular weight is 741 g/mol. The van der Waals surface area contributed by atoms with Crippen LogP contribution >= 0.6 is 23.5 Å². The zero-order chi connectivity index (χ0) is 35.6. The van der Waals surface area contributed by atoms with Crippen LogP contribution in [0.1, 0.15) is 50.1 Å². The zero-order valence-electron chi connectivity index (χ0n) is 25.5. The van der Waals surface area contributed by atoms with E-state index in [1.165, 1.54) is 24.1 Å². The number of rotatable bonds is 16. The van der Waals surface area contributed by atoms with Gasteiger partial charge in [0.1, 0.15) is 35.9 Å². The second-order valence-electron chi connectivity index (χ2n) is 10.9. The van der Waals surface area contributed by atoms with Crippen molar-refractivity contribution >= 4 is 46.0 Å². The molecule has 3 unspecified atom stereocenters. The number of aromatic nitrogens is 3. The number of benzene rings is 1. The maximum Gasteiger partial charge on any atom is 0.490 e. The lowest BCUT2D eigenvalue weighted by Gasteiger charge is -2.20. The second kappa shape index (κ2) is 14.9. The third-order valence-electron chi connectivity index (χ3n) is 6.96. The first-order chi connectivity index (χ1) is 22.3. The number of phosphoric ester groups is 1. The fourth-order valence-electron chi connectivity index (χ4n) is 5.01. The summed E-state index contributed by atoms with van der Waals surface area (Å²) in [5, 5.41) is 22.9. The lowest BCUT2D eigenvalue weighted by Crippen LogP contribution is -2.26. The van der Waals surface area contributed by atoms with Gasteiger partial charge in [0.05, 0.1) is 54.5 Å². The number of fused-ring (bicyclic) bond motifs is 1. The Morgan fingerprint density at radius 3 is 2.48 bits per heavy atom. The smallest absolute Gasteiger partial charge is 0.490 e. The summed E-state index contributed by atoms with van der Waals surface area (Å²) in [6, 6.07) is 4.48. The molecule has 24 heteroatoms. The molecular formula is C24H34N5O16P3. The lowest BCUT2D eigenvalue weighted by molar-refractivity contribution is -0.386. The summed E-state index contributed by atoms with van der Waals surface area (Å²) in [6.07, 6.45) is -1.21. The molecule has 0 bridgehead atoms. The number of nitrogens with zero attached hydrogens (tertiary/aromatic N) is 4. The molecule has 21 nitrogen and oxygen atoms in total. The van der Waals surface area contributed by atoms with Crippen molar-refractivity contribution in [3.8, 4) is 5.75 Å². The molecule has 1 aliphatic heterocycles. The summed E-state index contributed by atoms with van der Waals surface area (Å²) in [6.45, 7) is 2.90. The van der Waals surface area contributed by atoms with Crippen molar-refractivity contribution in [2.45, 2.75) is 57.8 Å². The van der Waals surface area contributed by atoms with Crippen LogP contribution in [0, 0.1) is 16.0 Å². The van der Waals surface area contributed by atoms with E-state index in [2.05, 4.69) is 23.1 Å². The lowest BCUT2D eigenvalue weighted by atomic mass is 9.97. The number of methoxy groups -OCH3 is 1. The van der Waals surface area contributed by atoms with E-state index in [0.717, 1.165) is 0 Å². The highest BCUT2D eigenvalue weighted by Gasteiger charge is 2.43. The topological polar surface area (TPSA) is 308 Å². The number of anilines is 1. The van der Waals surface area contributed by atoms with Crippen molar-refractivity contribution in [3.05, 3.63) is 52.0 Å². The summed E-state index contributed by atoms with van der Waals surface area (Å²) in [5.41, 5.74) is 7.09. The summed E-state index contributed by atoms with van der Waals surface area (Å²) in [7, 11) is -15.4. The van der Waals surface area contributed by atoms with Crippen LogP contribution in [0.2, 0.25) is 0 Å². The Labute approximate surface area is 272 Å².